The van der Waals surface area contributed by atoms with Crippen LogP contribution < -0.4 is 10.6 Å². The first kappa shape index (κ1) is 16.2. The molecule has 2 saturated heterocycles. The van der Waals surface area contributed by atoms with Crippen LogP contribution in [-0.2, 0) is 0 Å². The Morgan fingerprint density at radius 1 is 1.26 bits per heavy atom. The molecule has 1 aromatic carbocycles. The Hall–Kier alpha value is -1.69. The Kier molecular flexibility index (Phi) is 4.80. The number of likely N-dealkylation sites (tertiary alicyclic amines) is 1. The summed E-state index contributed by atoms with van der Waals surface area (Å²) in [4.78, 5) is 14.3. The summed E-state index contributed by atoms with van der Waals surface area (Å²) in [6.45, 7) is 5.25. The van der Waals surface area contributed by atoms with Crippen molar-refractivity contribution in [3.8, 4) is 0 Å². The Labute approximate surface area is 135 Å². The van der Waals surface area contributed by atoms with E-state index in [1.807, 2.05) is 4.90 Å². The molecule has 126 valence electrons. The van der Waals surface area contributed by atoms with Crippen molar-refractivity contribution in [1.29, 1.82) is 0 Å². The minimum Gasteiger partial charge on any atom is -0.331 e. The molecule has 2 N–H and O–H groups in total. The summed E-state index contributed by atoms with van der Waals surface area (Å²) in [6, 6.07) is 2.77. The van der Waals surface area contributed by atoms with Gasteiger partial charge in [0.2, 0.25) is 0 Å². The SMILES string of the molecule is C[C@@H](NC(=O)N1CC[C@@H]2CNC[C@@H]2CC1)c1ccc(F)cc1F. The molecule has 0 aliphatic carbocycles. The molecule has 0 bridgehead atoms. The maximum absolute atomic E-state index is 13.8. The van der Waals surface area contributed by atoms with Crippen molar-refractivity contribution in [1.82, 2.24) is 15.5 Å². The van der Waals surface area contributed by atoms with Crippen LogP contribution in [0.4, 0.5) is 13.6 Å². The monoisotopic (exact) mass is 323 g/mol. The predicted molar refractivity (Wildman–Crippen MR) is 84.0 cm³/mol. The smallest absolute Gasteiger partial charge is 0.317 e. The Bertz CT molecular complexity index is 567. The number of urea groups is 1. The molecule has 23 heavy (non-hydrogen) atoms. The fourth-order valence-electron chi connectivity index (χ4n) is 3.63. The van der Waals surface area contributed by atoms with Gasteiger partial charge >= 0.3 is 6.03 Å². The number of nitrogens with zero attached hydrogens (tertiary/aromatic N) is 1. The van der Waals surface area contributed by atoms with E-state index in [0.717, 1.165) is 45.1 Å². The highest BCUT2D eigenvalue weighted by atomic mass is 19.1. The lowest BCUT2D eigenvalue weighted by molar-refractivity contribution is 0.195. The van der Waals surface area contributed by atoms with Crippen LogP contribution in [0.1, 0.15) is 31.4 Å². The molecule has 0 unspecified atom stereocenters. The molecule has 2 aliphatic heterocycles. The van der Waals surface area contributed by atoms with E-state index in [0.29, 0.717) is 17.4 Å². The molecule has 2 aliphatic rings. The van der Waals surface area contributed by atoms with Crippen LogP contribution in [0.2, 0.25) is 0 Å². The van der Waals surface area contributed by atoms with Gasteiger partial charge in [0.05, 0.1) is 6.04 Å². The number of hydrogen-bond donors (Lipinski definition) is 2. The van der Waals surface area contributed by atoms with E-state index in [4.69, 9.17) is 0 Å². The van der Waals surface area contributed by atoms with E-state index in [2.05, 4.69) is 10.6 Å². The first-order valence-electron chi connectivity index (χ1n) is 8.25. The highest BCUT2D eigenvalue weighted by molar-refractivity contribution is 5.74. The third kappa shape index (κ3) is 3.63. The quantitative estimate of drug-likeness (QED) is 0.879. The van der Waals surface area contributed by atoms with Gasteiger partial charge in [-0.25, -0.2) is 13.6 Å². The molecule has 2 heterocycles. The largest absolute Gasteiger partial charge is 0.331 e. The third-order valence-electron chi connectivity index (χ3n) is 5.08. The third-order valence-corrected chi connectivity index (χ3v) is 5.08. The molecule has 0 saturated carbocycles. The summed E-state index contributed by atoms with van der Waals surface area (Å²) in [5, 5.41) is 6.24. The molecule has 3 atom stereocenters. The summed E-state index contributed by atoms with van der Waals surface area (Å²) < 4.78 is 26.8. The molecule has 6 heteroatoms. The first-order valence-corrected chi connectivity index (χ1v) is 8.25. The second-order valence-corrected chi connectivity index (χ2v) is 6.58. The molecule has 0 radical (unpaired) electrons. The van der Waals surface area contributed by atoms with Gasteiger partial charge in [0.25, 0.3) is 0 Å². The lowest BCUT2D eigenvalue weighted by Gasteiger charge is -2.24. The maximum atomic E-state index is 13.8. The van der Waals surface area contributed by atoms with Crippen LogP contribution in [0.5, 0.6) is 0 Å². The number of rotatable bonds is 2. The zero-order valence-corrected chi connectivity index (χ0v) is 13.3. The molecular weight excluding hydrogens is 300 g/mol. The van der Waals surface area contributed by atoms with Gasteiger partial charge in [-0.2, -0.15) is 0 Å². The topological polar surface area (TPSA) is 44.4 Å². The highest BCUT2D eigenvalue weighted by Gasteiger charge is 2.31. The molecule has 3 rings (SSSR count). The van der Waals surface area contributed by atoms with E-state index in [1.54, 1.807) is 6.92 Å². The van der Waals surface area contributed by atoms with Gasteiger partial charge in [0, 0.05) is 24.7 Å². The fraction of sp³-hybridized carbons (Fsp3) is 0.588. The highest BCUT2D eigenvalue weighted by Crippen LogP contribution is 2.27. The van der Waals surface area contributed by atoms with E-state index < -0.39 is 17.7 Å². The number of benzene rings is 1. The van der Waals surface area contributed by atoms with Crippen LogP contribution in [-0.4, -0.2) is 37.1 Å². The summed E-state index contributed by atoms with van der Waals surface area (Å²) in [7, 11) is 0. The summed E-state index contributed by atoms with van der Waals surface area (Å²) in [5.41, 5.74) is 0.302. The lowest BCUT2D eigenvalue weighted by Crippen LogP contribution is -2.42. The lowest BCUT2D eigenvalue weighted by atomic mass is 9.92. The molecule has 0 aromatic heterocycles. The number of carbonyl (C=O) groups excluding carboxylic acids is 1. The van der Waals surface area contributed by atoms with Gasteiger partial charge in [-0.1, -0.05) is 6.07 Å². The second-order valence-electron chi connectivity index (χ2n) is 6.58. The number of carbonyl (C=O) groups is 1. The van der Waals surface area contributed by atoms with Gasteiger partial charge in [-0.05, 0) is 50.8 Å². The molecule has 0 spiro atoms. The normalized spacial score (nSPS) is 25.6. The van der Waals surface area contributed by atoms with E-state index in [1.165, 1.54) is 12.1 Å². The van der Waals surface area contributed by atoms with E-state index in [9.17, 15) is 13.6 Å². The van der Waals surface area contributed by atoms with Crippen molar-refractivity contribution < 1.29 is 13.6 Å². The number of halogens is 2. The molecule has 1 aromatic rings. The number of hydrogen-bond acceptors (Lipinski definition) is 2. The van der Waals surface area contributed by atoms with Crippen molar-refractivity contribution in [3.63, 3.8) is 0 Å². The average molecular weight is 323 g/mol. The molecule has 4 nitrogen and oxygen atoms in total. The fourth-order valence-corrected chi connectivity index (χ4v) is 3.63. The maximum Gasteiger partial charge on any atom is 0.317 e. The first-order chi connectivity index (χ1) is 11.0. The summed E-state index contributed by atoms with van der Waals surface area (Å²) in [6.07, 6.45) is 2.01. The number of fused-ring (bicyclic) bond motifs is 1. The van der Waals surface area contributed by atoms with Gasteiger partial charge in [-0.15, -0.1) is 0 Å². The zero-order valence-electron chi connectivity index (χ0n) is 13.3. The Morgan fingerprint density at radius 3 is 2.52 bits per heavy atom. The zero-order chi connectivity index (χ0) is 16.4. The van der Waals surface area contributed by atoms with Crippen molar-refractivity contribution in [2.75, 3.05) is 26.2 Å². The predicted octanol–water partition coefficient (Wildman–Crippen LogP) is 2.67. The second kappa shape index (κ2) is 6.83. The average Bonchev–Trinajstić information content (AvgIpc) is 2.85. The van der Waals surface area contributed by atoms with Crippen LogP contribution in [0.3, 0.4) is 0 Å². The Morgan fingerprint density at radius 2 is 1.91 bits per heavy atom. The van der Waals surface area contributed by atoms with Gasteiger partial charge < -0.3 is 15.5 Å². The van der Waals surface area contributed by atoms with Gasteiger partial charge in [-0.3, -0.25) is 0 Å². The van der Waals surface area contributed by atoms with Crippen molar-refractivity contribution in [2.24, 2.45) is 11.8 Å². The molecule has 2 amide bonds. The Balaban J connectivity index is 1.60. The number of nitrogens with one attached hydrogen (secondary N) is 2. The minimum atomic E-state index is -0.630. The molecule has 2 fully saturated rings. The van der Waals surface area contributed by atoms with Crippen molar-refractivity contribution >= 4 is 6.03 Å². The van der Waals surface area contributed by atoms with Crippen LogP contribution >= 0.6 is 0 Å². The van der Waals surface area contributed by atoms with Crippen molar-refractivity contribution in [3.05, 3.63) is 35.4 Å². The van der Waals surface area contributed by atoms with Crippen LogP contribution in [0.25, 0.3) is 0 Å². The molecular formula is C17H23F2N3O. The van der Waals surface area contributed by atoms with Crippen LogP contribution in [0.15, 0.2) is 18.2 Å². The number of amides is 2. The van der Waals surface area contributed by atoms with E-state index >= 15 is 0 Å². The standard InChI is InChI=1S/C17H23F2N3O/c1-11(15-3-2-14(18)8-16(15)19)21-17(23)22-6-4-12-9-20-10-13(12)5-7-22/h2-3,8,11-13,20H,4-7,9-10H2,1H3,(H,21,23)/t11-,12-,13+/m1/s1. The van der Waals surface area contributed by atoms with Gasteiger partial charge in [0.15, 0.2) is 0 Å². The van der Waals surface area contributed by atoms with E-state index in [-0.39, 0.29) is 6.03 Å². The summed E-state index contributed by atoms with van der Waals surface area (Å²) in [5.74, 6) is 0.0613. The van der Waals surface area contributed by atoms with Crippen molar-refractivity contribution in [2.45, 2.75) is 25.8 Å². The van der Waals surface area contributed by atoms with Gasteiger partial charge in [0.1, 0.15) is 11.6 Å². The minimum absolute atomic E-state index is 0.172. The van der Waals surface area contributed by atoms with Crippen LogP contribution in [0, 0.1) is 23.5 Å². The summed E-state index contributed by atoms with van der Waals surface area (Å²) >= 11 is 0.